The highest BCUT2D eigenvalue weighted by atomic mass is 32.1. The van der Waals surface area contributed by atoms with Crippen LogP contribution in [0.1, 0.15) is 27.6 Å². The molecule has 2 N–H and O–H groups in total. The Morgan fingerprint density at radius 1 is 1.04 bits per heavy atom. The fourth-order valence-electron chi connectivity index (χ4n) is 2.38. The average molecular weight is 397 g/mol. The number of nitrogens with one attached hydrogen (secondary N) is 2. The maximum Gasteiger partial charge on any atom is 0.338 e. The molecule has 28 heavy (non-hydrogen) atoms. The van der Waals surface area contributed by atoms with Gasteiger partial charge in [0.15, 0.2) is 0 Å². The SMILES string of the molecule is CCOC(=O)c1ccc(-c2csc(NNC(=O)c3ccc(OC)cc3)n2)cc1. The Labute approximate surface area is 166 Å². The molecule has 144 valence electrons. The van der Waals surface area contributed by atoms with E-state index in [2.05, 4.69) is 15.8 Å². The van der Waals surface area contributed by atoms with Crippen LogP contribution in [-0.4, -0.2) is 30.6 Å². The highest BCUT2D eigenvalue weighted by molar-refractivity contribution is 7.14. The van der Waals surface area contributed by atoms with E-state index < -0.39 is 0 Å². The number of carbonyl (C=O) groups is 2. The molecular weight excluding hydrogens is 378 g/mol. The van der Waals surface area contributed by atoms with Crippen LogP contribution in [0.25, 0.3) is 11.3 Å². The fourth-order valence-corrected chi connectivity index (χ4v) is 3.05. The number of esters is 1. The van der Waals surface area contributed by atoms with Gasteiger partial charge in [0.1, 0.15) is 5.75 Å². The predicted octanol–water partition coefficient (Wildman–Crippen LogP) is 3.75. The summed E-state index contributed by atoms with van der Waals surface area (Å²) in [6.07, 6.45) is 0. The van der Waals surface area contributed by atoms with Gasteiger partial charge in [-0.05, 0) is 43.3 Å². The molecule has 2 aromatic carbocycles. The van der Waals surface area contributed by atoms with Crippen LogP contribution in [0, 0.1) is 0 Å². The molecule has 1 aromatic heterocycles. The van der Waals surface area contributed by atoms with Crippen molar-refractivity contribution in [1.82, 2.24) is 10.4 Å². The van der Waals surface area contributed by atoms with Crippen molar-refractivity contribution in [2.75, 3.05) is 19.1 Å². The second kappa shape index (κ2) is 9.01. The van der Waals surface area contributed by atoms with Gasteiger partial charge in [0.05, 0.1) is 25.0 Å². The smallest absolute Gasteiger partial charge is 0.338 e. The lowest BCUT2D eigenvalue weighted by atomic mass is 10.1. The van der Waals surface area contributed by atoms with Crippen molar-refractivity contribution in [3.63, 3.8) is 0 Å². The van der Waals surface area contributed by atoms with Gasteiger partial charge in [-0.25, -0.2) is 9.78 Å². The molecule has 0 atom stereocenters. The summed E-state index contributed by atoms with van der Waals surface area (Å²) in [5.41, 5.74) is 8.01. The number of nitrogens with zero attached hydrogens (tertiary/aromatic N) is 1. The van der Waals surface area contributed by atoms with Gasteiger partial charge in [-0.1, -0.05) is 12.1 Å². The van der Waals surface area contributed by atoms with E-state index in [4.69, 9.17) is 9.47 Å². The molecule has 0 spiro atoms. The second-order valence-corrected chi connectivity index (χ2v) is 6.50. The summed E-state index contributed by atoms with van der Waals surface area (Å²) >= 11 is 1.36. The van der Waals surface area contributed by atoms with E-state index in [1.54, 1.807) is 62.6 Å². The minimum Gasteiger partial charge on any atom is -0.497 e. The maximum atomic E-state index is 12.2. The maximum absolute atomic E-state index is 12.2. The monoisotopic (exact) mass is 397 g/mol. The van der Waals surface area contributed by atoms with Gasteiger partial charge in [-0.15, -0.1) is 11.3 Å². The summed E-state index contributed by atoms with van der Waals surface area (Å²) in [7, 11) is 1.57. The zero-order chi connectivity index (χ0) is 19.9. The first-order valence-electron chi connectivity index (χ1n) is 8.54. The normalized spacial score (nSPS) is 10.2. The van der Waals surface area contributed by atoms with Crippen LogP contribution >= 0.6 is 11.3 Å². The van der Waals surface area contributed by atoms with E-state index in [9.17, 15) is 9.59 Å². The van der Waals surface area contributed by atoms with E-state index in [1.165, 1.54) is 11.3 Å². The fraction of sp³-hybridized carbons (Fsp3) is 0.150. The molecule has 1 heterocycles. The van der Waals surface area contributed by atoms with E-state index >= 15 is 0 Å². The van der Waals surface area contributed by atoms with Crippen molar-refractivity contribution in [3.05, 3.63) is 65.0 Å². The number of benzene rings is 2. The number of anilines is 1. The molecule has 8 heteroatoms. The van der Waals surface area contributed by atoms with E-state index in [0.717, 1.165) is 11.3 Å². The van der Waals surface area contributed by atoms with Crippen molar-refractivity contribution < 1.29 is 19.1 Å². The number of methoxy groups -OCH3 is 1. The summed E-state index contributed by atoms with van der Waals surface area (Å²) in [5, 5.41) is 2.41. The van der Waals surface area contributed by atoms with E-state index in [1.807, 2.05) is 5.38 Å². The van der Waals surface area contributed by atoms with Gasteiger partial charge in [-0.2, -0.15) is 0 Å². The molecule has 0 saturated carbocycles. The number of carbonyl (C=O) groups excluding carboxylic acids is 2. The number of hydrogen-bond donors (Lipinski definition) is 2. The Morgan fingerprint density at radius 2 is 1.71 bits per heavy atom. The minimum atomic E-state index is -0.351. The van der Waals surface area contributed by atoms with Gasteiger partial charge >= 0.3 is 5.97 Å². The molecule has 0 aliphatic carbocycles. The summed E-state index contributed by atoms with van der Waals surface area (Å²) in [4.78, 5) is 28.3. The molecule has 0 saturated heterocycles. The number of aromatic nitrogens is 1. The zero-order valence-electron chi connectivity index (χ0n) is 15.4. The lowest BCUT2D eigenvalue weighted by Crippen LogP contribution is -2.29. The average Bonchev–Trinajstić information content (AvgIpc) is 3.21. The van der Waals surface area contributed by atoms with Gasteiger partial charge in [0.25, 0.3) is 5.91 Å². The molecule has 0 fully saturated rings. The quantitative estimate of drug-likeness (QED) is 0.466. The lowest BCUT2D eigenvalue weighted by Gasteiger charge is -2.06. The molecule has 1 amide bonds. The Morgan fingerprint density at radius 3 is 2.36 bits per heavy atom. The Balaban J connectivity index is 1.60. The number of amides is 1. The third-order valence-corrected chi connectivity index (χ3v) is 4.59. The first-order valence-corrected chi connectivity index (χ1v) is 9.42. The highest BCUT2D eigenvalue weighted by Crippen LogP contribution is 2.25. The summed E-state index contributed by atoms with van der Waals surface area (Å²) in [5.74, 6) is 0.0529. The number of hydrazine groups is 1. The number of rotatable bonds is 7. The summed E-state index contributed by atoms with van der Waals surface area (Å²) < 4.78 is 10.0. The number of thiazole rings is 1. The zero-order valence-corrected chi connectivity index (χ0v) is 16.2. The second-order valence-electron chi connectivity index (χ2n) is 5.64. The topological polar surface area (TPSA) is 89.6 Å². The van der Waals surface area contributed by atoms with E-state index in [0.29, 0.717) is 28.6 Å². The third kappa shape index (κ3) is 4.66. The molecule has 0 unspecified atom stereocenters. The molecule has 3 rings (SSSR count). The van der Waals surface area contributed by atoms with Gasteiger partial charge in [-0.3, -0.25) is 15.6 Å². The molecule has 0 aliphatic rings. The van der Waals surface area contributed by atoms with E-state index in [-0.39, 0.29) is 11.9 Å². The van der Waals surface area contributed by atoms with Crippen LogP contribution in [0.4, 0.5) is 5.13 Å². The van der Waals surface area contributed by atoms with Crippen LogP contribution in [0.2, 0.25) is 0 Å². The Bertz CT molecular complexity index is 952. The molecule has 7 nitrogen and oxygen atoms in total. The van der Waals surface area contributed by atoms with Crippen LogP contribution in [0.15, 0.2) is 53.9 Å². The van der Waals surface area contributed by atoms with Crippen LogP contribution in [-0.2, 0) is 4.74 Å². The van der Waals surface area contributed by atoms with Crippen molar-refractivity contribution in [2.45, 2.75) is 6.92 Å². The lowest BCUT2D eigenvalue weighted by molar-refractivity contribution is 0.0526. The van der Waals surface area contributed by atoms with Crippen LogP contribution < -0.4 is 15.6 Å². The molecule has 0 radical (unpaired) electrons. The largest absolute Gasteiger partial charge is 0.497 e. The van der Waals surface area contributed by atoms with Crippen molar-refractivity contribution in [2.24, 2.45) is 0 Å². The number of hydrogen-bond acceptors (Lipinski definition) is 7. The molecule has 3 aromatic rings. The van der Waals surface area contributed by atoms with Crippen molar-refractivity contribution in [3.8, 4) is 17.0 Å². The third-order valence-electron chi connectivity index (χ3n) is 3.83. The van der Waals surface area contributed by atoms with Crippen molar-refractivity contribution in [1.29, 1.82) is 0 Å². The van der Waals surface area contributed by atoms with Crippen LogP contribution in [0.5, 0.6) is 5.75 Å². The first kappa shape index (κ1) is 19.4. The number of ether oxygens (including phenoxy) is 2. The Hall–Kier alpha value is -3.39. The molecular formula is C20H19N3O4S. The highest BCUT2D eigenvalue weighted by Gasteiger charge is 2.10. The van der Waals surface area contributed by atoms with Gasteiger partial charge in [0, 0.05) is 16.5 Å². The van der Waals surface area contributed by atoms with Gasteiger partial charge in [0.2, 0.25) is 5.13 Å². The first-order chi connectivity index (χ1) is 13.6. The Kier molecular flexibility index (Phi) is 6.23. The van der Waals surface area contributed by atoms with Crippen LogP contribution in [0.3, 0.4) is 0 Å². The predicted molar refractivity (Wildman–Crippen MR) is 108 cm³/mol. The standard InChI is InChI=1S/C20H19N3O4S/c1-3-27-19(25)15-6-4-13(5-7-15)17-12-28-20(21-17)23-22-18(24)14-8-10-16(26-2)11-9-14/h4-12H,3H2,1-2H3,(H,21,23)(H,22,24). The molecule has 0 aliphatic heterocycles. The van der Waals surface area contributed by atoms with Crippen molar-refractivity contribution >= 4 is 28.3 Å². The molecule has 0 bridgehead atoms. The van der Waals surface area contributed by atoms with Gasteiger partial charge < -0.3 is 9.47 Å². The minimum absolute atomic E-state index is 0.279. The summed E-state index contributed by atoms with van der Waals surface area (Å²) in [6.45, 7) is 2.10. The summed E-state index contributed by atoms with van der Waals surface area (Å²) in [6, 6.07) is 13.8.